The highest BCUT2D eigenvalue weighted by Gasteiger charge is 2.22. The van der Waals surface area contributed by atoms with Gasteiger partial charge in [-0.15, -0.1) is 0 Å². The molecular formula is C27H56. The van der Waals surface area contributed by atoms with Gasteiger partial charge in [0.15, 0.2) is 0 Å². The third kappa shape index (κ3) is 16.6. The molecule has 0 heteroatoms. The quantitative estimate of drug-likeness (QED) is 0.164. The summed E-state index contributed by atoms with van der Waals surface area (Å²) in [5.41, 5.74) is 0.662. The molecule has 0 saturated carbocycles. The van der Waals surface area contributed by atoms with E-state index < -0.39 is 0 Å². The first-order valence-corrected chi connectivity index (χ1v) is 13.2. The van der Waals surface area contributed by atoms with Crippen molar-refractivity contribution in [3.05, 3.63) is 0 Å². The Hall–Kier alpha value is 0. The molecule has 0 aliphatic carbocycles. The largest absolute Gasteiger partial charge is 0.0654 e. The van der Waals surface area contributed by atoms with E-state index in [-0.39, 0.29) is 0 Å². The topological polar surface area (TPSA) is 0 Å². The number of hydrogen-bond acceptors (Lipinski definition) is 0. The van der Waals surface area contributed by atoms with Crippen LogP contribution in [0.2, 0.25) is 0 Å². The van der Waals surface area contributed by atoms with Crippen molar-refractivity contribution in [2.45, 2.75) is 169 Å². The van der Waals surface area contributed by atoms with Gasteiger partial charge in [-0.2, -0.15) is 0 Å². The molecule has 0 amide bonds. The monoisotopic (exact) mass is 380 g/mol. The van der Waals surface area contributed by atoms with Gasteiger partial charge in [0.05, 0.1) is 0 Å². The molecule has 0 aromatic heterocycles. The molecule has 0 aliphatic rings. The molecule has 0 unspecified atom stereocenters. The smallest absolute Gasteiger partial charge is 0.0305 e. The first kappa shape index (κ1) is 27.0. The Labute approximate surface area is 174 Å². The Balaban J connectivity index is 3.19. The Bertz CT molecular complexity index is 255. The molecule has 0 heterocycles. The van der Waals surface area contributed by atoms with Crippen molar-refractivity contribution in [2.75, 3.05) is 0 Å². The van der Waals surface area contributed by atoms with Crippen molar-refractivity contribution >= 4 is 0 Å². The van der Waals surface area contributed by atoms with Crippen molar-refractivity contribution in [1.82, 2.24) is 0 Å². The molecule has 0 nitrogen and oxygen atoms in total. The zero-order valence-corrected chi connectivity index (χ0v) is 20.1. The van der Waals surface area contributed by atoms with Crippen molar-refractivity contribution < 1.29 is 0 Å². The maximum Gasteiger partial charge on any atom is -0.0305 e. The molecule has 0 bridgehead atoms. The van der Waals surface area contributed by atoms with Gasteiger partial charge in [-0.05, 0) is 11.8 Å². The normalized spacial score (nSPS) is 12.0. The molecule has 0 atom stereocenters. The fourth-order valence-electron chi connectivity index (χ4n) is 4.68. The summed E-state index contributed by atoms with van der Waals surface area (Å²) in [5.74, 6) is 0. The summed E-state index contributed by atoms with van der Waals surface area (Å²) in [6.45, 7) is 9.47. The first-order chi connectivity index (χ1) is 13.2. The van der Waals surface area contributed by atoms with E-state index in [1.165, 1.54) is 141 Å². The van der Waals surface area contributed by atoms with E-state index in [2.05, 4.69) is 27.7 Å². The summed E-state index contributed by atoms with van der Waals surface area (Å²) in [6, 6.07) is 0. The summed E-state index contributed by atoms with van der Waals surface area (Å²) in [7, 11) is 0. The van der Waals surface area contributed by atoms with Crippen LogP contribution in [0.15, 0.2) is 0 Å². The van der Waals surface area contributed by atoms with Crippen LogP contribution in [0.1, 0.15) is 169 Å². The highest BCUT2D eigenvalue weighted by Crippen LogP contribution is 2.36. The van der Waals surface area contributed by atoms with Crippen LogP contribution in [-0.4, -0.2) is 0 Å². The predicted octanol–water partition coefficient (Wildman–Crippen LogP) is 10.6. The molecule has 0 N–H and O–H groups in total. The van der Waals surface area contributed by atoms with Crippen molar-refractivity contribution in [2.24, 2.45) is 5.41 Å². The standard InChI is InChI=1S/C27H56/c1-5-9-10-11-12-13-14-15-16-17-18-19-20-21-22-23-24-25-26-27(6-2,7-3)8-4/h5-26H2,1-4H3. The molecule has 164 valence electrons. The van der Waals surface area contributed by atoms with Crippen LogP contribution in [0.3, 0.4) is 0 Å². The molecule has 0 aromatic rings. The lowest BCUT2D eigenvalue weighted by molar-refractivity contribution is 0.220. The fraction of sp³-hybridized carbons (Fsp3) is 1.00. The van der Waals surface area contributed by atoms with Gasteiger partial charge >= 0.3 is 0 Å². The van der Waals surface area contributed by atoms with Crippen LogP contribution in [0, 0.1) is 5.41 Å². The van der Waals surface area contributed by atoms with Crippen molar-refractivity contribution in [3.8, 4) is 0 Å². The second-order valence-electron chi connectivity index (χ2n) is 9.32. The Morgan fingerprint density at radius 3 is 0.852 bits per heavy atom. The molecular weight excluding hydrogens is 324 g/mol. The highest BCUT2D eigenvalue weighted by atomic mass is 14.3. The minimum atomic E-state index is 0.662. The Kier molecular flexibility index (Phi) is 20.7. The lowest BCUT2D eigenvalue weighted by Gasteiger charge is -2.30. The predicted molar refractivity (Wildman–Crippen MR) is 127 cm³/mol. The average Bonchev–Trinajstić information content (AvgIpc) is 2.70. The maximum atomic E-state index is 2.39. The number of hydrogen-bond donors (Lipinski definition) is 0. The van der Waals surface area contributed by atoms with Crippen LogP contribution in [-0.2, 0) is 0 Å². The summed E-state index contributed by atoms with van der Waals surface area (Å²) in [5, 5.41) is 0. The van der Waals surface area contributed by atoms with E-state index in [0.29, 0.717) is 5.41 Å². The van der Waals surface area contributed by atoms with Gasteiger partial charge in [0.25, 0.3) is 0 Å². The Morgan fingerprint density at radius 1 is 0.333 bits per heavy atom. The van der Waals surface area contributed by atoms with Crippen LogP contribution in [0.25, 0.3) is 0 Å². The summed E-state index contributed by atoms with van der Waals surface area (Å²) in [4.78, 5) is 0. The molecule has 0 aliphatic heterocycles. The maximum absolute atomic E-state index is 2.39. The molecule has 0 spiro atoms. The van der Waals surface area contributed by atoms with Gasteiger partial charge in [0.1, 0.15) is 0 Å². The van der Waals surface area contributed by atoms with E-state index in [4.69, 9.17) is 0 Å². The van der Waals surface area contributed by atoms with Gasteiger partial charge in [0.2, 0.25) is 0 Å². The molecule has 0 rings (SSSR count). The SMILES string of the molecule is CCCCCCCCCCCCCCCCCCCCC(CC)(CC)CC. The molecule has 0 aromatic carbocycles. The zero-order chi connectivity index (χ0) is 20.1. The van der Waals surface area contributed by atoms with E-state index in [9.17, 15) is 0 Å². The van der Waals surface area contributed by atoms with Gasteiger partial charge in [-0.25, -0.2) is 0 Å². The van der Waals surface area contributed by atoms with Crippen molar-refractivity contribution in [1.29, 1.82) is 0 Å². The van der Waals surface area contributed by atoms with E-state index in [1.807, 2.05) is 0 Å². The van der Waals surface area contributed by atoms with Gasteiger partial charge in [0, 0.05) is 0 Å². The van der Waals surface area contributed by atoms with Gasteiger partial charge < -0.3 is 0 Å². The van der Waals surface area contributed by atoms with Crippen LogP contribution in [0.4, 0.5) is 0 Å². The molecule has 27 heavy (non-hydrogen) atoms. The second-order valence-corrected chi connectivity index (χ2v) is 9.32. The first-order valence-electron chi connectivity index (χ1n) is 13.2. The van der Waals surface area contributed by atoms with E-state index in [0.717, 1.165) is 0 Å². The lowest BCUT2D eigenvalue weighted by atomic mass is 9.75. The lowest BCUT2D eigenvalue weighted by Crippen LogP contribution is -2.17. The molecule has 0 radical (unpaired) electrons. The average molecular weight is 381 g/mol. The zero-order valence-electron chi connectivity index (χ0n) is 20.1. The van der Waals surface area contributed by atoms with Crippen LogP contribution in [0.5, 0.6) is 0 Å². The third-order valence-corrected chi connectivity index (χ3v) is 7.31. The Morgan fingerprint density at radius 2 is 0.593 bits per heavy atom. The fourth-order valence-corrected chi connectivity index (χ4v) is 4.68. The molecule has 0 saturated heterocycles. The summed E-state index contributed by atoms with van der Waals surface area (Å²) in [6.07, 6.45) is 32.1. The minimum Gasteiger partial charge on any atom is -0.0654 e. The number of unbranched alkanes of at least 4 members (excludes halogenated alkanes) is 17. The summed E-state index contributed by atoms with van der Waals surface area (Å²) < 4.78 is 0. The van der Waals surface area contributed by atoms with Gasteiger partial charge in [-0.3, -0.25) is 0 Å². The van der Waals surface area contributed by atoms with Crippen molar-refractivity contribution in [3.63, 3.8) is 0 Å². The third-order valence-electron chi connectivity index (χ3n) is 7.31. The summed E-state index contributed by atoms with van der Waals surface area (Å²) >= 11 is 0. The minimum absolute atomic E-state index is 0.662. The second kappa shape index (κ2) is 20.7. The van der Waals surface area contributed by atoms with Crippen LogP contribution < -0.4 is 0 Å². The van der Waals surface area contributed by atoms with E-state index in [1.54, 1.807) is 0 Å². The number of rotatable bonds is 22. The van der Waals surface area contributed by atoms with E-state index >= 15 is 0 Å². The van der Waals surface area contributed by atoms with Crippen LogP contribution >= 0.6 is 0 Å². The molecule has 0 fully saturated rings. The van der Waals surface area contributed by atoms with Gasteiger partial charge in [-0.1, -0.05) is 163 Å². The highest BCUT2D eigenvalue weighted by molar-refractivity contribution is 4.74.